The summed E-state index contributed by atoms with van der Waals surface area (Å²) >= 11 is 3.55. The smallest absolute Gasteiger partial charge is 0.352 e. The summed E-state index contributed by atoms with van der Waals surface area (Å²) in [7, 11) is 1.25. The number of hydrogen-bond donors (Lipinski definition) is 5. The van der Waals surface area contributed by atoms with Gasteiger partial charge in [0, 0.05) is 35.2 Å². The molecule has 18 nitrogen and oxygen atoms in total. The van der Waals surface area contributed by atoms with Crippen molar-refractivity contribution in [1.29, 1.82) is 0 Å². The highest BCUT2D eigenvalue weighted by molar-refractivity contribution is 8.01. The molecule has 0 saturated carbocycles. The molecule has 0 radical (unpaired) electrons. The van der Waals surface area contributed by atoms with Gasteiger partial charge in [-0.05, 0) is 16.0 Å². The maximum atomic E-state index is 13.1. The van der Waals surface area contributed by atoms with Crippen LogP contribution in [0.3, 0.4) is 0 Å². The van der Waals surface area contributed by atoms with Crippen LogP contribution in [0.15, 0.2) is 44.0 Å². The summed E-state index contributed by atoms with van der Waals surface area (Å²) in [5, 5.41) is 48.7. The molecule has 3 aromatic heterocycles. The van der Waals surface area contributed by atoms with Gasteiger partial charge in [-0.15, -0.1) is 28.2 Å². The van der Waals surface area contributed by atoms with Gasteiger partial charge in [-0.1, -0.05) is 16.9 Å². The van der Waals surface area contributed by atoms with Crippen molar-refractivity contribution in [3.05, 3.63) is 50.5 Å². The number of carboxylic acid groups (broad SMARTS) is 1. The third kappa shape index (κ3) is 6.11. The average molecular weight is 665 g/mol. The van der Waals surface area contributed by atoms with E-state index in [0.29, 0.717) is 16.4 Å². The highest BCUT2D eigenvalue weighted by atomic mass is 32.2. The highest BCUT2D eigenvalue weighted by Gasteiger charge is 2.54. The van der Waals surface area contributed by atoms with Crippen LogP contribution >= 0.6 is 34.9 Å². The van der Waals surface area contributed by atoms with E-state index in [1.54, 1.807) is 0 Å². The highest BCUT2D eigenvalue weighted by Crippen LogP contribution is 2.41. The summed E-state index contributed by atoms with van der Waals surface area (Å²) in [5.74, 6) is -2.68. The van der Waals surface area contributed by atoms with Crippen LogP contribution in [0.5, 0.6) is 5.75 Å². The molecule has 2 atom stereocenters. The summed E-state index contributed by atoms with van der Waals surface area (Å²) < 4.78 is 2.95. The number of aromatic hydroxyl groups is 1. The van der Waals surface area contributed by atoms with Gasteiger partial charge < -0.3 is 35.8 Å². The van der Waals surface area contributed by atoms with Crippen LogP contribution in [0.25, 0.3) is 0 Å². The number of nitrogen functional groups attached to an aromatic ring is 1. The molecular formula is C23H24N10O8S3. The van der Waals surface area contributed by atoms with E-state index in [1.165, 1.54) is 39.7 Å². The van der Waals surface area contributed by atoms with Crippen molar-refractivity contribution < 1.29 is 34.5 Å². The number of carboxylic acids is 1. The van der Waals surface area contributed by atoms with Gasteiger partial charge in [0.15, 0.2) is 16.6 Å². The molecular weight excluding hydrogens is 641 g/mol. The van der Waals surface area contributed by atoms with Crippen molar-refractivity contribution in [2.24, 2.45) is 5.16 Å². The fraction of sp³-hybridized carbons (Fsp3) is 0.348. The number of aliphatic carboxylic acids is 1. The molecule has 44 heavy (non-hydrogen) atoms. The number of rotatable bonds is 12. The predicted octanol–water partition coefficient (Wildman–Crippen LogP) is -1.35. The molecule has 2 aliphatic heterocycles. The molecule has 0 spiro atoms. The number of tetrazole rings is 1. The van der Waals surface area contributed by atoms with E-state index >= 15 is 0 Å². The molecule has 0 unspecified atom stereocenters. The fourth-order valence-electron chi connectivity index (χ4n) is 4.44. The first-order chi connectivity index (χ1) is 21.1. The minimum Gasteiger partial charge on any atom is -0.503 e. The van der Waals surface area contributed by atoms with Gasteiger partial charge in [0.25, 0.3) is 11.8 Å². The third-order valence-corrected chi connectivity index (χ3v) is 9.54. The van der Waals surface area contributed by atoms with Gasteiger partial charge in [0.2, 0.25) is 10.6 Å². The van der Waals surface area contributed by atoms with Crippen LogP contribution in [-0.2, 0) is 38.9 Å². The molecule has 3 aromatic rings. The summed E-state index contributed by atoms with van der Waals surface area (Å²) in [5.41, 5.74) is 5.62. The Kier molecular flexibility index (Phi) is 9.17. The SMILES string of the molecule is CON=C(C(=O)N[C@@H]1C(=O)N2C(C(=O)O)=C(CSc3nnnn3CCn3cc(O)c(=O)cc3CO)CS[C@@H]12)c1csc(N)n1. The van der Waals surface area contributed by atoms with E-state index in [9.17, 15) is 34.5 Å². The number of fused-ring (bicyclic) bond motifs is 1. The second-order valence-corrected chi connectivity index (χ2v) is 12.1. The molecule has 0 aliphatic carbocycles. The topological polar surface area (TPSA) is 253 Å². The number of nitrogens with zero attached hydrogens (tertiary/aromatic N) is 8. The largest absolute Gasteiger partial charge is 0.503 e. The van der Waals surface area contributed by atoms with Crippen LogP contribution in [0.4, 0.5) is 5.13 Å². The Hall–Kier alpha value is -4.47. The lowest BCUT2D eigenvalue weighted by molar-refractivity contribution is -0.150. The van der Waals surface area contributed by atoms with Gasteiger partial charge >= 0.3 is 5.97 Å². The van der Waals surface area contributed by atoms with Crippen LogP contribution in [0.1, 0.15) is 11.4 Å². The molecule has 2 amide bonds. The van der Waals surface area contributed by atoms with Crippen LogP contribution in [0, 0.1) is 0 Å². The number of carbonyl (C=O) groups excluding carboxylic acids is 2. The summed E-state index contributed by atoms with van der Waals surface area (Å²) in [6, 6.07) is 0.132. The number of thioether (sulfide) groups is 2. The number of hydrogen-bond acceptors (Lipinski definition) is 16. The van der Waals surface area contributed by atoms with Crippen molar-refractivity contribution in [3.8, 4) is 5.75 Å². The molecule has 5 heterocycles. The fourth-order valence-corrected chi connectivity index (χ4v) is 7.37. The molecule has 0 aromatic carbocycles. The number of anilines is 1. The average Bonchev–Trinajstić information content (AvgIpc) is 3.65. The van der Waals surface area contributed by atoms with E-state index < -0.39 is 47.0 Å². The Labute approximate surface area is 259 Å². The first-order valence-electron chi connectivity index (χ1n) is 12.6. The number of aryl methyl sites for hydroxylation is 2. The normalized spacial score (nSPS) is 18.2. The van der Waals surface area contributed by atoms with Gasteiger partial charge in [-0.3, -0.25) is 19.3 Å². The van der Waals surface area contributed by atoms with Crippen LogP contribution in [0.2, 0.25) is 0 Å². The zero-order chi connectivity index (χ0) is 31.5. The monoisotopic (exact) mass is 664 g/mol. The van der Waals surface area contributed by atoms with Gasteiger partial charge in [0.05, 0.1) is 19.3 Å². The lowest BCUT2D eigenvalue weighted by Crippen LogP contribution is -2.71. The Bertz CT molecular complexity index is 1730. The number of oxime groups is 1. The van der Waals surface area contributed by atoms with Crippen molar-refractivity contribution in [2.45, 2.75) is 36.3 Å². The quantitative estimate of drug-likeness (QED) is 0.0650. The first kappa shape index (κ1) is 31.0. The van der Waals surface area contributed by atoms with Gasteiger partial charge in [-0.25, -0.2) is 14.5 Å². The summed E-state index contributed by atoms with van der Waals surface area (Å²) in [6.45, 7) is 0.00520. The molecule has 0 bridgehead atoms. The molecule has 232 valence electrons. The van der Waals surface area contributed by atoms with E-state index in [-0.39, 0.29) is 46.8 Å². The number of aromatic nitrogens is 6. The summed E-state index contributed by atoms with van der Waals surface area (Å²) in [4.78, 5) is 59.9. The first-order valence-corrected chi connectivity index (χ1v) is 15.5. The molecule has 1 fully saturated rings. The molecule has 21 heteroatoms. The Morgan fingerprint density at radius 2 is 2.11 bits per heavy atom. The number of carbonyl (C=O) groups is 3. The second kappa shape index (κ2) is 13.0. The maximum Gasteiger partial charge on any atom is 0.352 e. The lowest BCUT2D eigenvalue weighted by atomic mass is 10.0. The van der Waals surface area contributed by atoms with Gasteiger partial charge in [-0.2, -0.15) is 0 Å². The van der Waals surface area contributed by atoms with Gasteiger partial charge in [0.1, 0.15) is 29.9 Å². The molecule has 2 aliphatic rings. The minimum atomic E-state index is -1.29. The Balaban J connectivity index is 1.26. The van der Waals surface area contributed by atoms with E-state index in [2.05, 4.69) is 31.0 Å². The summed E-state index contributed by atoms with van der Waals surface area (Å²) in [6.07, 6.45) is 1.21. The van der Waals surface area contributed by atoms with E-state index in [1.807, 2.05) is 0 Å². The lowest BCUT2D eigenvalue weighted by Gasteiger charge is -2.49. The number of thiazole rings is 1. The van der Waals surface area contributed by atoms with E-state index in [0.717, 1.165) is 34.1 Å². The molecule has 1 saturated heterocycles. The number of aliphatic hydroxyl groups excluding tert-OH is 1. The predicted molar refractivity (Wildman–Crippen MR) is 157 cm³/mol. The second-order valence-electron chi connectivity index (χ2n) is 9.15. The van der Waals surface area contributed by atoms with Crippen LogP contribution in [-0.4, -0.2) is 104 Å². The zero-order valence-corrected chi connectivity index (χ0v) is 25.1. The maximum absolute atomic E-state index is 13.1. The standard InChI is InChI=1S/C23H24N10O8S3/c1-41-28-15(12-9-43-22(24)25-12)18(37)26-16-19(38)33-17(21(39)40)10(7-42-20(16)33)8-44-23-27-29-30-32(23)3-2-31-5-14(36)13(35)4-11(31)6-34/h4-5,9,16,20,34,36H,2-3,6-8H2,1H3,(H2,24,25)(H,26,37)(H,39,40)/t16-,20+/m1/s1. The number of pyridine rings is 1. The minimum absolute atomic E-state index is 0.152. The molecule has 6 N–H and O–H groups in total. The van der Waals surface area contributed by atoms with Crippen molar-refractivity contribution in [1.82, 2.24) is 40.0 Å². The van der Waals surface area contributed by atoms with Crippen molar-refractivity contribution in [3.63, 3.8) is 0 Å². The number of nitrogens with one attached hydrogen (secondary N) is 1. The number of amides is 2. The van der Waals surface area contributed by atoms with Crippen molar-refractivity contribution >= 4 is 63.5 Å². The molecule has 5 rings (SSSR count). The number of nitrogens with two attached hydrogens (primary N) is 1. The zero-order valence-electron chi connectivity index (χ0n) is 22.7. The Morgan fingerprint density at radius 1 is 1.32 bits per heavy atom. The third-order valence-electron chi connectivity index (χ3n) is 6.49. The van der Waals surface area contributed by atoms with E-state index in [4.69, 9.17) is 10.6 Å². The van der Waals surface area contributed by atoms with Crippen LogP contribution < -0.4 is 16.5 Å². The van der Waals surface area contributed by atoms with Crippen molar-refractivity contribution in [2.75, 3.05) is 24.3 Å². The Morgan fingerprint density at radius 3 is 2.80 bits per heavy atom. The number of β-lactam (4-membered cyclic amide) rings is 1. The number of aliphatic hydroxyl groups is 1.